The summed E-state index contributed by atoms with van der Waals surface area (Å²) in [6, 6.07) is 156. The molecule has 0 aromatic heterocycles. The van der Waals surface area contributed by atoms with Gasteiger partial charge in [-0.05, 0) is 266 Å². The maximum atomic E-state index is 13.2. The van der Waals surface area contributed by atoms with E-state index in [0.29, 0.717) is 9.79 Å². The Morgan fingerprint density at radius 2 is 0.582 bits per heavy atom. The first-order valence-electron chi connectivity index (χ1n) is 44.6. The molecule has 0 bridgehead atoms. The number of benzene rings is 18. The quantitative estimate of drug-likeness (QED) is 0.153. The maximum absolute atomic E-state index is 13.2. The number of hydrogen-bond acceptors (Lipinski definition) is 6. The molecule has 5 aliphatic heterocycles. The van der Waals surface area contributed by atoms with Crippen LogP contribution in [0.2, 0.25) is 0 Å². The molecule has 0 aliphatic carbocycles. The molecule has 23 rings (SSSR count). The number of nitrogens with one attached hydrogen (secondary N) is 1. The Hall–Kier alpha value is -12.5. The SMILES string of the molecule is CC(C)(C)c1ccc([S+](c2ccccc2)c2ccc(C(C)(C)C)cc2)cc1.Cc1ccc([S+]2c3ccccc3N(C)c3ccccc32)cc1.Cc1ccc([S+]2c3ccccc3Nc3ccccc32)cc1.Fc1ccc([S+]2c3ccccc3Oc3ccccc32)cc1.O=S1(=O)c2ccccc2[S+](c2ccccc2)c2ccccc21.O=S1c2ccccc2[S+](c2ccccc2)c2ccccc21. The van der Waals surface area contributed by atoms with E-state index in [4.69, 9.17) is 4.74 Å². The molecule has 0 atom stereocenters. The van der Waals surface area contributed by atoms with Crippen molar-refractivity contribution in [2.75, 3.05) is 17.3 Å². The summed E-state index contributed by atoms with van der Waals surface area (Å²) in [5.74, 6) is 1.55. The zero-order valence-electron chi connectivity index (χ0n) is 76.0. The number of para-hydroxylation sites is 6. The van der Waals surface area contributed by atoms with E-state index in [0.717, 1.165) is 50.7 Å². The van der Waals surface area contributed by atoms with Crippen molar-refractivity contribution in [1.29, 1.82) is 0 Å². The van der Waals surface area contributed by atoms with Crippen molar-refractivity contribution in [3.63, 3.8) is 0 Å². The number of halogens is 1. The third-order valence-electron chi connectivity index (χ3n) is 23.4. The highest BCUT2D eigenvalue weighted by Gasteiger charge is 2.47. The second-order valence-electron chi connectivity index (χ2n) is 34.6. The number of sulfone groups is 1. The minimum absolute atomic E-state index is 0.0285. The summed E-state index contributed by atoms with van der Waals surface area (Å²) in [4.78, 5) is 27.4. The van der Waals surface area contributed by atoms with E-state index in [2.05, 4.69) is 358 Å². The Balaban J connectivity index is 0.000000108. The summed E-state index contributed by atoms with van der Waals surface area (Å²) in [6.45, 7) is 17.9. The van der Waals surface area contributed by atoms with Gasteiger partial charge >= 0.3 is 0 Å². The maximum Gasteiger partial charge on any atom is 0.216 e. The third-order valence-corrected chi connectivity index (χ3v) is 41.1. The van der Waals surface area contributed by atoms with Crippen molar-refractivity contribution in [2.45, 2.75) is 174 Å². The third kappa shape index (κ3) is 19.7. The average Bonchev–Trinajstić information content (AvgIpc) is 0.726. The molecule has 0 saturated carbocycles. The predicted octanol–water partition coefficient (Wildman–Crippen LogP) is 30.9. The number of fused-ring (bicyclic) bond motifs is 10. The molecular formula is C119H103FN2O4S8+6. The first-order valence-corrected chi connectivity index (χ1v) is 54.6. The molecule has 662 valence electrons. The molecule has 0 spiro atoms. The summed E-state index contributed by atoms with van der Waals surface area (Å²) in [6.07, 6.45) is 0. The Morgan fingerprint density at radius 1 is 0.299 bits per heavy atom. The summed E-state index contributed by atoms with van der Waals surface area (Å²) in [5, 5.41) is 3.56. The van der Waals surface area contributed by atoms with E-state index < -0.39 is 20.6 Å². The highest BCUT2D eigenvalue weighted by molar-refractivity contribution is 8.01. The average molecular weight is 1900 g/mol. The first-order chi connectivity index (χ1) is 65.1. The van der Waals surface area contributed by atoms with Crippen LogP contribution in [0.15, 0.2) is 563 Å². The molecule has 5 aliphatic rings. The molecule has 0 saturated heterocycles. The second kappa shape index (κ2) is 40.7. The predicted molar refractivity (Wildman–Crippen MR) is 557 cm³/mol. The number of hydrogen-bond donors (Lipinski definition) is 1. The van der Waals surface area contributed by atoms with Gasteiger partial charge in [0.2, 0.25) is 19.6 Å². The van der Waals surface area contributed by atoms with Crippen LogP contribution >= 0.6 is 0 Å². The van der Waals surface area contributed by atoms with Crippen LogP contribution in [0.1, 0.15) is 63.8 Å². The molecule has 0 amide bonds. The van der Waals surface area contributed by atoms with Gasteiger partial charge in [-0.3, -0.25) is 0 Å². The van der Waals surface area contributed by atoms with Gasteiger partial charge in [0.1, 0.15) is 70.1 Å². The van der Waals surface area contributed by atoms with E-state index in [9.17, 15) is 17.0 Å². The Labute approximate surface area is 809 Å². The lowest BCUT2D eigenvalue weighted by Crippen LogP contribution is -2.22. The monoisotopic (exact) mass is 1900 g/mol. The van der Waals surface area contributed by atoms with Gasteiger partial charge in [0.15, 0.2) is 89.8 Å². The van der Waals surface area contributed by atoms with Crippen molar-refractivity contribution in [3.05, 3.63) is 483 Å². The molecule has 1 N–H and O–H groups in total. The van der Waals surface area contributed by atoms with E-state index in [1.165, 1.54) is 116 Å². The largest absolute Gasteiger partial charge is 0.447 e. The van der Waals surface area contributed by atoms with Crippen LogP contribution in [0.5, 0.6) is 11.5 Å². The highest BCUT2D eigenvalue weighted by Crippen LogP contribution is 2.52. The number of rotatable bonds is 8. The number of anilines is 4. The van der Waals surface area contributed by atoms with Gasteiger partial charge in [0, 0.05) is 7.05 Å². The summed E-state index contributed by atoms with van der Waals surface area (Å²) < 4.78 is 57.8. The number of nitrogens with zero attached hydrogens (tertiary/aromatic N) is 1. The molecule has 0 radical (unpaired) electrons. The van der Waals surface area contributed by atoms with Crippen LogP contribution in [0.4, 0.5) is 27.1 Å². The van der Waals surface area contributed by atoms with E-state index in [1.54, 1.807) is 24.3 Å². The van der Waals surface area contributed by atoms with E-state index >= 15 is 0 Å². The minimum atomic E-state index is -3.44. The van der Waals surface area contributed by atoms with Gasteiger partial charge in [-0.15, -0.1) is 0 Å². The smallest absolute Gasteiger partial charge is 0.216 e. The molecular weight excluding hydrogens is 1800 g/mol. The van der Waals surface area contributed by atoms with Crippen LogP contribution in [0.25, 0.3) is 0 Å². The summed E-state index contributed by atoms with van der Waals surface area (Å²) in [7, 11) is -3.31. The fraction of sp³-hybridized carbons (Fsp3) is 0.0924. The summed E-state index contributed by atoms with van der Waals surface area (Å²) in [5.41, 5.74) is 10.8. The zero-order valence-corrected chi connectivity index (χ0v) is 82.6. The molecule has 6 nitrogen and oxygen atoms in total. The first kappa shape index (κ1) is 92.0. The molecule has 0 unspecified atom stereocenters. The van der Waals surface area contributed by atoms with E-state index in [-0.39, 0.29) is 82.0 Å². The van der Waals surface area contributed by atoms with Crippen molar-refractivity contribution < 1.29 is 21.8 Å². The van der Waals surface area contributed by atoms with Crippen LogP contribution in [0, 0.1) is 19.7 Å². The topological polar surface area (TPSA) is 75.7 Å². The Bertz CT molecular complexity index is 6890. The van der Waals surface area contributed by atoms with Crippen molar-refractivity contribution in [3.8, 4) is 11.5 Å². The molecule has 18 aromatic carbocycles. The van der Waals surface area contributed by atoms with Gasteiger partial charge < -0.3 is 15.0 Å². The Morgan fingerprint density at radius 3 is 0.993 bits per heavy atom. The lowest BCUT2D eigenvalue weighted by Gasteiger charge is -2.28. The van der Waals surface area contributed by atoms with Crippen LogP contribution in [0.3, 0.4) is 0 Å². The van der Waals surface area contributed by atoms with Gasteiger partial charge in [-0.1, -0.05) is 277 Å². The van der Waals surface area contributed by atoms with Gasteiger partial charge in [-0.25, -0.2) is 17.0 Å². The fourth-order valence-electron chi connectivity index (χ4n) is 16.6. The normalized spacial score (nSPS) is 14.5. The molecule has 5 heterocycles. The van der Waals surface area contributed by atoms with Gasteiger partial charge in [-0.2, -0.15) is 0 Å². The van der Waals surface area contributed by atoms with Crippen molar-refractivity contribution in [1.82, 2.24) is 0 Å². The number of ether oxygens (including phenoxy) is 1. The lowest BCUT2D eigenvalue weighted by molar-refractivity contribution is 0.453. The van der Waals surface area contributed by atoms with Gasteiger partial charge in [0.25, 0.3) is 0 Å². The standard InChI is InChI=1S/C26H31S.C20H18NS.C19H16NS.C18H12FOS.C18H13O2S2.C18H13OS2/c1-25(2,3)20-12-16-23(17-13-20)27(22-10-8-7-9-11-22)24-18-14-21(15-19-24)26(4,5)6;1-15-11-13-16(14-12-15)22-19-9-5-3-7-17(19)21(2)18-8-4-6-10-20(18)22;1-14-10-12-15(13-11-14)21-18-8-4-2-6-16(18)20-17-7-3-5-9-19(17)21;19-13-9-11-14(12-10-13)21-17-7-3-1-5-15(17)20-16-6-2-4-8-18(16)21;19-22(20)17-12-6-4-10-15(17)21(14-8-2-1-3-9-14)16-11-5-7-13-18(16)22;19-21-17-12-6-4-10-15(17)20(14-8-2-1-3-9-14)16-11-5-7-13-18(16)21/h7-19H,1-6H3;3-14H,1-2H3;2-13,20H,1H3;1-12H;1-13H;1-13H/q6*+1. The van der Waals surface area contributed by atoms with Crippen LogP contribution < -0.4 is 15.0 Å². The van der Waals surface area contributed by atoms with Crippen molar-refractivity contribution in [2.24, 2.45) is 0 Å². The Kier molecular flexibility index (Phi) is 28.0. The molecule has 134 heavy (non-hydrogen) atoms. The van der Waals surface area contributed by atoms with E-state index in [1.807, 2.05) is 133 Å². The minimum Gasteiger partial charge on any atom is -0.447 e. The molecule has 0 fully saturated rings. The second-order valence-corrected chi connectivity index (χ2v) is 49.7. The van der Waals surface area contributed by atoms with Gasteiger partial charge in [0.05, 0.1) is 54.2 Å². The number of aryl methyl sites for hydroxylation is 2. The van der Waals surface area contributed by atoms with Crippen LogP contribution in [-0.4, -0.2) is 19.7 Å². The fourth-order valence-corrected chi connectivity index (χ4v) is 34.5. The highest BCUT2D eigenvalue weighted by atomic mass is 32.2. The molecule has 15 heteroatoms. The lowest BCUT2D eigenvalue weighted by atomic mass is 9.87. The summed E-state index contributed by atoms with van der Waals surface area (Å²) >= 11 is 0. The van der Waals surface area contributed by atoms with Crippen LogP contribution in [-0.2, 0) is 96.8 Å². The molecule has 18 aromatic rings. The van der Waals surface area contributed by atoms with Crippen molar-refractivity contribution >= 4 is 109 Å². The zero-order chi connectivity index (χ0) is 92.6.